The van der Waals surface area contributed by atoms with Gasteiger partial charge in [0.1, 0.15) is 0 Å². The van der Waals surface area contributed by atoms with Crippen LogP contribution < -0.4 is 4.87 Å². The summed E-state index contributed by atoms with van der Waals surface area (Å²) in [6, 6.07) is 9.91. The molecule has 0 N–H and O–H groups in total. The van der Waals surface area contributed by atoms with Crippen molar-refractivity contribution in [1.82, 2.24) is 4.57 Å². The molecule has 1 heterocycles. The lowest BCUT2D eigenvalue weighted by Crippen LogP contribution is -2.08. The van der Waals surface area contributed by atoms with Gasteiger partial charge in [0.25, 0.3) is 0 Å². The van der Waals surface area contributed by atoms with Crippen LogP contribution in [0.25, 0.3) is 11.3 Å². The number of hydrogen-bond donors (Lipinski definition) is 0. The van der Waals surface area contributed by atoms with E-state index in [4.69, 9.17) is 0 Å². The lowest BCUT2D eigenvalue weighted by molar-refractivity contribution is 0.906. The van der Waals surface area contributed by atoms with Gasteiger partial charge in [-0.1, -0.05) is 41.7 Å². The Hall–Kier alpha value is -1.35. The molecule has 1 aromatic carbocycles. The number of nitrogens with zero attached hydrogens (tertiary/aromatic N) is 1. The van der Waals surface area contributed by atoms with Crippen LogP contribution in [0.5, 0.6) is 0 Å². The highest BCUT2D eigenvalue weighted by Crippen LogP contribution is 2.17. The summed E-state index contributed by atoms with van der Waals surface area (Å²) in [5.74, 6) is 0. The van der Waals surface area contributed by atoms with Crippen molar-refractivity contribution in [2.75, 3.05) is 0 Å². The summed E-state index contributed by atoms with van der Waals surface area (Å²) >= 11 is 1.23. The first kappa shape index (κ1) is 8.26. The normalized spacial score (nSPS) is 10.2. The van der Waals surface area contributed by atoms with Crippen LogP contribution >= 0.6 is 11.3 Å². The summed E-state index contributed by atoms with van der Waals surface area (Å²) in [6.45, 7) is 0. The minimum Gasteiger partial charge on any atom is -0.302 e. The highest BCUT2D eigenvalue weighted by Gasteiger charge is 2.03. The molecule has 2 aromatic rings. The van der Waals surface area contributed by atoms with Gasteiger partial charge in [-0.3, -0.25) is 4.79 Å². The molecule has 0 bridgehead atoms. The van der Waals surface area contributed by atoms with E-state index in [0.29, 0.717) is 0 Å². The Bertz CT molecular complexity index is 455. The highest BCUT2D eigenvalue weighted by molar-refractivity contribution is 7.07. The molecular formula is C10H9NOS. The van der Waals surface area contributed by atoms with Crippen molar-refractivity contribution in [3.05, 3.63) is 45.4 Å². The predicted molar refractivity (Wildman–Crippen MR) is 55.0 cm³/mol. The molecule has 0 fully saturated rings. The van der Waals surface area contributed by atoms with Gasteiger partial charge >= 0.3 is 4.87 Å². The first-order chi connectivity index (χ1) is 6.29. The third-order valence-corrected chi connectivity index (χ3v) is 2.79. The van der Waals surface area contributed by atoms with Crippen LogP contribution in [-0.2, 0) is 7.05 Å². The molecule has 0 radical (unpaired) electrons. The van der Waals surface area contributed by atoms with E-state index in [9.17, 15) is 4.79 Å². The van der Waals surface area contributed by atoms with Crippen LogP contribution in [0.3, 0.4) is 0 Å². The average molecular weight is 191 g/mol. The SMILES string of the molecule is Cn1c(-c2ccccc2)csc1=O. The standard InChI is InChI=1S/C10H9NOS/c1-11-9(7-13-10(11)12)8-5-3-2-4-6-8/h2-7H,1H3. The van der Waals surface area contributed by atoms with E-state index < -0.39 is 0 Å². The second kappa shape index (κ2) is 3.18. The molecule has 0 spiro atoms. The minimum atomic E-state index is 0.0823. The maximum Gasteiger partial charge on any atom is 0.307 e. The Morgan fingerprint density at radius 2 is 1.92 bits per heavy atom. The minimum absolute atomic E-state index is 0.0823. The van der Waals surface area contributed by atoms with Gasteiger partial charge in [0.2, 0.25) is 0 Å². The largest absolute Gasteiger partial charge is 0.307 e. The van der Waals surface area contributed by atoms with Crippen molar-refractivity contribution in [2.24, 2.45) is 7.05 Å². The highest BCUT2D eigenvalue weighted by atomic mass is 32.1. The van der Waals surface area contributed by atoms with Gasteiger partial charge in [-0.15, -0.1) is 0 Å². The molecule has 3 heteroatoms. The lowest BCUT2D eigenvalue weighted by Gasteiger charge is -1.99. The fourth-order valence-corrected chi connectivity index (χ4v) is 2.00. The van der Waals surface area contributed by atoms with E-state index in [1.54, 1.807) is 11.6 Å². The average Bonchev–Trinajstić information content (AvgIpc) is 2.49. The topological polar surface area (TPSA) is 22.0 Å². The van der Waals surface area contributed by atoms with Gasteiger partial charge in [-0.05, 0) is 5.56 Å². The number of aromatic nitrogens is 1. The molecule has 0 amide bonds. The lowest BCUT2D eigenvalue weighted by atomic mass is 10.2. The van der Waals surface area contributed by atoms with Gasteiger partial charge in [-0.2, -0.15) is 0 Å². The second-order valence-electron chi connectivity index (χ2n) is 2.81. The molecule has 0 aliphatic heterocycles. The Labute approximate surface area is 80.1 Å². The summed E-state index contributed by atoms with van der Waals surface area (Å²) in [7, 11) is 1.79. The Morgan fingerprint density at radius 3 is 2.46 bits per heavy atom. The monoisotopic (exact) mass is 191 g/mol. The Balaban J connectivity index is 2.60. The van der Waals surface area contributed by atoms with E-state index in [1.807, 2.05) is 35.7 Å². The number of hydrogen-bond acceptors (Lipinski definition) is 2. The number of thiazole rings is 1. The summed E-state index contributed by atoms with van der Waals surface area (Å²) in [6.07, 6.45) is 0. The van der Waals surface area contributed by atoms with Crippen molar-refractivity contribution in [3.63, 3.8) is 0 Å². The van der Waals surface area contributed by atoms with E-state index in [0.717, 1.165) is 11.3 Å². The first-order valence-corrected chi connectivity index (χ1v) is 4.87. The zero-order chi connectivity index (χ0) is 9.26. The molecule has 0 aliphatic carbocycles. The van der Waals surface area contributed by atoms with Gasteiger partial charge in [0.15, 0.2) is 0 Å². The zero-order valence-corrected chi connectivity index (χ0v) is 8.04. The molecule has 1 aromatic heterocycles. The summed E-state index contributed by atoms with van der Waals surface area (Å²) in [5, 5.41) is 1.89. The second-order valence-corrected chi connectivity index (χ2v) is 3.63. The van der Waals surface area contributed by atoms with E-state index in [1.165, 1.54) is 11.3 Å². The van der Waals surface area contributed by atoms with E-state index in [2.05, 4.69) is 0 Å². The Morgan fingerprint density at radius 1 is 1.23 bits per heavy atom. The van der Waals surface area contributed by atoms with Crippen molar-refractivity contribution in [1.29, 1.82) is 0 Å². The van der Waals surface area contributed by atoms with Gasteiger partial charge in [-0.25, -0.2) is 0 Å². The van der Waals surface area contributed by atoms with Crippen LogP contribution in [-0.4, -0.2) is 4.57 Å². The van der Waals surface area contributed by atoms with E-state index in [-0.39, 0.29) is 4.87 Å². The zero-order valence-electron chi connectivity index (χ0n) is 7.23. The fourth-order valence-electron chi connectivity index (χ4n) is 1.23. The molecular weight excluding hydrogens is 182 g/mol. The molecule has 0 atom stereocenters. The molecule has 0 aliphatic rings. The maximum absolute atomic E-state index is 11.2. The molecule has 13 heavy (non-hydrogen) atoms. The van der Waals surface area contributed by atoms with Crippen molar-refractivity contribution in [2.45, 2.75) is 0 Å². The third-order valence-electron chi connectivity index (χ3n) is 1.98. The van der Waals surface area contributed by atoms with Crippen LogP contribution in [0.4, 0.5) is 0 Å². The molecule has 0 saturated carbocycles. The smallest absolute Gasteiger partial charge is 0.302 e. The fraction of sp³-hybridized carbons (Fsp3) is 0.100. The first-order valence-electron chi connectivity index (χ1n) is 3.99. The maximum atomic E-state index is 11.2. The van der Waals surface area contributed by atoms with Crippen molar-refractivity contribution in [3.8, 4) is 11.3 Å². The van der Waals surface area contributed by atoms with Gasteiger partial charge in [0.05, 0.1) is 5.69 Å². The molecule has 0 unspecified atom stereocenters. The van der Waals surface area contributed by atoms with Gasteiger partial charge in [0, 0.05) is 12.4 Å². The van der Waals surface area contributed by atoms with Gasteiger partial charge < -0.3 is 4.57 Å². The molecule has 2 rings (SSSR count). The predicted octanol–water partition coefficient (Wildman–Crippen LogP) is 2.11. The Kier molecular flexibility index (Phi) is 2.02. The molecule has 0 saturated heterocycles. The quantitative estimate of drug-likeness (QED) is 0.676. The summed E-state index contributed by atoms with van der Waals surface area (Å²) < 4.78 is 1.67. The van der Waals surface area contributed by atoms with Crippen molar-refractivity contribution < 1.29 is 0 Å². The number of benzene rings is 1. The summed E-state index contributed by atoms with van der Waals surface area (Å²) in [5.41, 5.74) is 2.07. The number of rotatable bonds is 1. The van der Waals surface area contributed by atoms with Crippen LogP contribution in [0.2, 0.25) is 0 Å². The molecule has 66 valence electrons. The summed E-state index contributed by atoms with van der Waals surface area (Å²) in [4.78, 5) is 11.3. The van der Waals surface area contributed by atoms with Crippen LogP contribution in [0.1, 0.15) is 0 Å². The molecule has 2 nitrogen and oxygen atoms in total. The van der Waals surface area contributed by atoms with Crippen molar-refractivity contribution >= 4 is 11.3 Å². The van der Waals surface area contributed by atoms with E-state index >= 15 is 0 Å². The van der Waals surface area contributed by atoms with Crippen LogP contribution in [0.15, 0.2) is 40.5 Å². The van der Waals surface area contributed by atoms with Crippen LogP contribution in [0, 0.1) is 0 Å². The third kappa shape index (κ3) is 1.42.